The Morgan fingerprint density at radius 3 is 1.67 bits per heavy atom. The first-order valence-corrected chi connectivity index (χ1v) is 5.20. The molecule has 0 unspecified atom stereocenters. The molecule has 0 aromatic rings. The standard InChI is InChI=1S/C12H20/c1-3-11-7-5-9-12(4-2)10-6-8-11/h5-7,10-12H,3-4,8-9H2,1-2H3/t11-,12+/m0/s1. The topological polar surface area (TPSA) is 0 Å². The van der Waals surface area contributed by atoms with Crippen molar-refractivity contribution in [2.75, 3.05) is 0 Å². The van der Waals surface area contributed by atoms with Gasteiger partial charge < -0.3 is 0 Å². The van der Waals surface area contributed by atoms with Gasteiger partial charge in [0.25, 0.3) is 0 Å². The molecule has 1 rings (SSSR count). The van der Waals surface area contributed by atoms with Gasteiger partial charge in [-0.1, -0.05) is 38.2 Å². The molecule has 0 spiro atoms. The molecular formula is C12H20. The Bertz CT molecular complexity index is 145. The van der Waals surface area contributed by atoms with Crippen LogP contribution in [0.3, 0.4) is 0 Å². The highest BCUT2D eigenvalue weighted by molar-refractivity contribution is 5.01. The largest absolute Gasteiger partial charge is 0.0877 e. The molecule has 68 valence electrons. The first kappa shape index (κ1) is 9.57. The zero-order valence-electron chi connectivity index (χ0n) is 8.29. The summed E-state index contributed by atoms with van der Waals surface area (Å²) in [5.74, 6) is 1.58. The minimum absolute atomic E-state index is 0.791. The van der Waals surface area contributed by atoms with E-state index in [1.165, 1.54) is 25.7 Å². The van der Waals surface area contributed by atoms with Crippen molar-refractivity contribution in [2.24, 2.45) is 11.8 Å². The molecule has 0 saturated heterocycles. The normalized spacial score (nSPS) is 29.8. The second-order valence-corrected chi connectivity index (χ2v) is 3.66. The number of allylic oxidation sites excluding steroid dienone is 4. The summed E-state index contributed by atoms with van der Waals surface area (Å²) in [5, 5.41) is 0. The van der Waals surface area contributed by atoms with Gasteiger partial charge in [0, 0.05) is 0 Å². The number of rotatable bonds is 2. The second kappa shape index (κ2) is 5.18. The monoisotopic (exact) mass is 164 g/mol. The van der Waals surface area contributed by atoms with E-state index in [0.29, 0.717) is 0 Å². The van der Waals surface area contributed by atoms with Crippen LogP contribution >= 0.6 is 0 Å². The molecule has 0 radical (unpaired) electrons. The van der Waals surface area contributed by atoms with Gasteiger partial charge in [-0.05, 0) is 37.5 Å². The van der Waals surface area contributed by atoms with Crippen LogP contribution in [-0.2, 0) is 0 Å². The Morgan fingerprint density at radius 1 is 0.917 bits per heavy atom. The molecule has 1 aliphatic rings. The van der Waals surface area contributed by atoms with Crippen molar-refractivity contribution in [2.45, 2.75) is 39.5 Å². The van der Waals surface area contributed by atoms with Crippen LogP contribution in [0.15, 0.2) is 24.3 Å². The Kier molecular flexibility index (Phi) is 4.13. The van der Waals surface area contributed by atoms with Crippen LogP contribution in [0, 0.1) is 11.8 Å². The van der Waals surface area contributed by atoms with Crippen LogP contribution in [0.4, 0.5) is 0 Å². The van der Waals surface area contributed by atoms with Crippen molar-refractivity contribution >= 4 is 0 Å². The van der Waals surface area contributed by atoms with Gasteiger partial charge in [0.15, 0.2) is 0 Å². The maximum Gasteiger partial charge on any atom is -0.0202 e. The lowest BCUT2D eigenvalue weighted by Crippen LogP contribution is -1.98. The fourth-order valence-corrected chi connectivity index (χ4v) is 1.65. The first-order chi connectivity index (χ1) is 5.86. The lowest BCUT2D eigenvalue weighted by atomic mass is 9.93. The van der Waals surface area contributed by atoms with E-state index in [-0.39, 0.29) is 0 Å². The van der Waals surface area contributed by atoms with Crippen LogP contribution in [0.25, 0.3) is 0 Å². The predicted molar refractivity (Wildman–Crippen MR) is 55.1 cm³/mol. The van der Waals surface area contributed by atoms with Crippen molar-refractivity contribution in [3.8, 4) is 0 Å². The van der Waals surface area contributed by atoms with E-state index in [4.69, 9.17) is 0 Å². The Morgan fingerprint density at radius 2 is 1.33 bits per heavy atom. The minimum Gasteiger partial charge on any atom is -0.0877 e. The summed E-state index contributed by atoms with van der Waals surface area (Å²) < 4.78 is 0. The molecule has 12 heavy (non-hydrogen) atoms. The van der Waals surface area contributed by atoms with Crippen molar-refractivity contribution in [1.82, 2.24) is 0 Å². The van der Waals surface area contributed by atoms with Gasteiger partial charge >= 0.3 is 0 Å². The first-order valence-electron chi connectivity index (χ1n) is 5.20. The molecule has 0 nitrogen and oxygen atoms in total. The molecule has 0 fully saturated rings. The summed E-state index contributed by atoms with van der Waals surface area (Å²) in [4.78, 5) is 0. The molecule has 0 amide bonds. The van der Waals surface area contributed by atoms with E-state index >= 15 is 0 Å². The highest BCUT2D eigenvalue weighted by atomic mass is 14.1. The van der Waals surface area contributed by atoms with Gasteiger partial charge in [0.05, 0.1) is 0 Å². The third kappa shape index (κ3) is 2.84. The zero-order chi connectivity index (χ0) is 8.81. The molecule has 0 saturated carbocycles. The van der Waals surface area contributed by atoms with Gasteiger partial charge in [0.1, 0.15) is 0 Å². The maximum atomic E-state index is 2.40. The van der Waals surface area contributed by atoms with Gasteiger partial charge in [0.2, 0.25) is 0 Å². The molecule has 0 N–H and O–H groups in total. The Balaban J connectivity index is 2.47. The van der Waals surface area contributed by atoms with E-state index in [2.05, 4.69) is 38.2 Å². The average Bonchev–Trinajstić information content (AvgIpc) is 2.05. The summed E-state index contributed by atoms with van der Waals surface area (Å²) in [7, 11) is 0. The van der Waals surface area contributed by atoms with Crippen LogP contribution in [0.5, 0.6) is 0 Å². The minimum atomic E-state index is 0.791. The number of hydrogen-bond acceptors (Lipinski definition) is 0. The third-order valence-corrected chi connectivity index (χ3v) is 2.74. The smallest absolute Gasteiger partial charge is 0.0202 e. The fourth-order valence-electron chi connectivity index (χ4n) is 1.65. The van der Waals surface area contributed by atoms with Crippen molar-refractivity contribution in [3.63, 3.8) is 0 Å². The van der Waals surface area contributed by atoms with Gasteiger partial charge in [-0.25, -0.2) is 0 Å². The third-order valence-electron chi connectivity index (χ3n) is 2.74. The van der Waals surface area contributed by atoms with Gasteiger partial charge in [-0.15, -0.1) is 0 Å². The summed E-state index contributed by atoms with van der Waals surface area (Å²) in [5.41, 5.74) is 0. The van der Waals surface area contributed by atoms with Crippen molar-refractivity contribution in [3.05, 3.63) is 24.3 Å². The SMILES string of the molecule is CC[C@H]1C=CC[C@@H](CC)C=CC1. The van der Waals surface area contributed by atoms with E-state index in [1.807, 2.05) is 0 Å². The molecule has 0 aliphatic heterocycles. The quantitative estimate of drug-likeness (QED) is 0.542. The lowest BCUT2D eigenvalue weighted by Gasteiger charge is -2.13. The fraction of sp³-hybridized carbons (Fsp3) is 0.667. The lowest BCUT2D eigenvalue weighted by molar-refractivity contribution is 0.590. The summed E-state index contributed by atoms with van der Waals surface area (Å²) in [6, 6.07) is 0. The van der Waals surface area contributed by atoms with Crippen molar-refractivity contribution in [1.29, 1.82) is 0 Å². The van der Waals surface area contributed by atoms with Crippen LogP contribution in [0.2, 0.25) is 0 Å². The van der Waals surface area contributed by atoms with E-state index in [1.54, 1.807) is 0 Å². The predicted octanol–water partition coefficient (Wildman–Crippen LogP) is 3.95. The molecule has 0 aromatic heterocycles. The molecule has 1 aliphatic carbocycles. The summed E-state index contributed by atoms with van der Waals surface area (Å²) in [6.07, 6.45) is 14.6. The van der Waals surface area contributed by atoms with E-state index < -0.39 is 0 Å². The Labute approximate surface area is 76.4 Å². The van der Waals surface area contributed by atoms with Crippen LogP contribution in [0.1, 0.15) is 39.5 Å². The number of hydrogen-bond donors (Lipinski definition) is 0. The van der Waals surface area contributed by atoms with E-state index in [9.17, 15) is 0 Å². The molecule has 0 aromatic carbocycles. The van der Waals surface area contributed by atoms with Gasteiger partial charge in [-0.2, -0.15) is 0 Å². The molecule has 0 bridgehead atoms. The molecule has 0 heterocycles. The Hall–Kier alpha value is -0.520. The van der Waals surface area contributed by atoms with E-state index in [0.717, 1.165) is 11.8 Å². The van der Waals surface area contributed by atoms with Gasteiger partial charge in [-0.3, -0.25) is 0 Å². The van der Waals surface area contributed by atoms with Crippen LogP contribution < -0.4 is 0 Å². The maximum absolute atomic E-state index is 2.40. The highest BCUT2D eigenvalue weighted by Crippen LogP contribution is 2.19. The molecular weight excluding hydrogens is 144 g/mol. The summed E-state index contributed by atoms with van der Waals surface area (Å²) in [6.45, 7) is 4.53. The second-order valence-electron chi connectivity index (χ2n) is 3.66. The molecule has 2 atom stereocenters. The zero-order valence-corrected chi connectivity index (χ0v) is 8.29. The molecule has 0 heteroatoms. The van der Waals surface area contributed by atoms with Crippen molar-refractivity contribution < 1.29 is 0 Å². The average molecular weight is 164 g/mol. The summed E-state index contributed by atoms with van der Waals surface area (Å²) >= 11 is 0. The van der Waals surface area contributed by atoms with Crippen LogP contribution in [-0.4, -0.2) is 0 Å². The highest BCUT2D eigenvalue weighted by Gasteiger charge is 2.04.